The third-order valence-electron chi connectivity index (χ3n) is 6.41. The molecule has 5 rings (SSSR count). The van der Waals surface area contributed by atoms with Gasteiger partial charge in [-0.25, -0.2) is 0 Å². The lowest BCUT2D eigenvalue weighted by molar-refractivity contribution is -0.122. The Morgan fingerprint density at radius 1 is 0.944 bits per heavy atom. The molecule has 8 heteroatoms. The third kappa shape index (κ3) is 4.88. The van der Waals surface area contributed by atoms with Gasteiger partial charge in [0.25, 0.3) is 5.91 Å². The number of fused-ring (bicyclic) bond motifs is 1. The second kappa shape index (κ2) is 10.1. The molecule has 1 fully saturated rings. The normalized spacial score (nSPS) is 17.4. The number of amides is 3. The van der Waals surface area contributed by atoms with Gasteiger partial charge in [0, 0.05) is 24.7 Å². The van der Waals surface area contributed by atoms with Crippen LogP contribution in [0.15, 0.2) is 72.8 Å². The highest BCUT2D eigenvalue weighted by atomic mass is 16.6. The molecule has 2 N–H and O–H groups in total. The molecule has 2 heterocycles. The van der Waals surface area contributed by atoms with Gasteiger partial charge in [-0.15, -0.1) is 0 Å². The van der Waals surface area contributed by atoms with Crippen molar-refractivity contribution in [3.8, 4) is 11.5 Å². The Balaban J connectivity index is 1.26. The Morgan fingerprint density at radius 2 is 1.67 bits per heavy atom. The summed E-state index contributed by atoms with van der Waals surface area (Å²) in [6.07, 6.45) is 0.0830. The van der Waals surface area contributed by atoms with Gasteiger partial charge in [0.1, 0.15) is 13.2 Å². The molecular weight excluding hydrogens is 458 g/mol. The summed E-state index contributed by atoms with van der Waals surface area (Å²) in [5.41, 5.74) is 2.41. The number of para-hydroxylation sites is 1. The third-order valence-corrected chi connectivity index (χ3v) is 6.41. The number of rotatable bonds is 6. The number of hydrogen-bond donors (Lipinski definition) is 2. The van der Waals surface area contributed by atoms with E-state index < -0.39 is 5.92 Å². The van der Waals surface area contributed by atoms with Gasteiger partial charge in [0.15, 0.2) is 11.5 Å². The Kier molecular flexibility index (Phi) is 6.58. The zero-order valence-corrected chi connectivity index (χ0v) is 19.9. The highest BCUT2D eigenvalue weighted by Crippen LogP contribution is 2.36. The summed E-state index contributed by atoms with van der Waals surface area (Å²) in [5, 5.41) is 5.85. The first-order valence-electron chi connectivity index (χ1n) is 12.0. The highest BCUT2D eigenvalue weighted by Gasteiger charge is 2.36. The van der Waals surface area contributed by atoms with Crippen molar-refractivity contribution in [3.05, 3.63) is 83.9 Å². The van der Waals surface area contributed by atoms with Crippen molar-refractivity contribution >= 4 is 29.1 Å². The molecule has 0 spiro atoms. The van der Waals surface area contributed by atoms with E-state index in [1.165, 1.54) is 0 Å². The van der Waals surface area contributed by atoms with Crippen LogP contribution in [0.5, 0.6) is 11.5 Å². The van der Waals surface area contributed by atoms with E-state index in [0.29, 0.717) is 41.7 Å². The quantitative estimate of drug-likeness (QED) is 0.551. The first-order valence-corrected chi connectivity index (χ1v) is 12.0. The van der Waals surface area contributed by atoms with Crippen LogP contribution in [0.1, 0.15) is 35.3 Å². The molecule has 36 heavy (non-hydrogen) atoms. The number of benzene rings is 3. The first-order chi connectivity index (χ1) is 17.5. The van der Waals surface area contributed by atoms with Crippen LogP contribution in [0.25, 0.3) is 0 Å². The van der Waals surface area contributed by atoms with E-state index in [1.54, 1.807) is 47.4 Å². The minimum Gasteiger partial charge on any atom is -0.486 e. The largest absolute Gasteiger partial charge is 0.486 e. The van der Waals surface area contributed by atoms with Crippen LogP contribution in [0.3, 0.4) is 0 Å². The maximum atomic E-state index is 13.1. The van der Waals surface area contributed by atoms with Crippen molar-refractivity contribution in [1.82, 2.24) is 5.32 Å². The average molecular weight is 486 g/mol. The first kappa shape index (κ1) is 23.4. The van der Waals surface area contributed by atoms with E-state index in [4.69, 9.17) is 9.47 Å². The van der Waals surface area contributed by atoms with Crippen LogP contribution >= 0.6 is 0 Å². The fraction of sp³-hybridized carbons (Fsp3) is 0.250. The molecule has 0 aromatic heterocycles. The van der Waals surface area contributed by atoms with E-state index in [-0.39, 0.29) is 36.7 Å². The summed E-state index contributed by atoms with van der Waals surface area (Å²) in [4.78, 5) is 40.5. The van der Waals surface area contributed by atoms with Crippen molar-refractivity contribution in [2.75, 3.05) is 30.0 Å². The molecule has 3 aromatic carbocycles. The molecule has 0 unspecified atom stereocenters. The lowest BCUT2D eigenvalue weighted by atomic mass is 10.1. The summed E-state index contributed by atoms with van der Waals surface area (Å²) >= 11 is 0. The molecule has 3 amide bonds. The van der Waals surface area contributed by atoms with Gasteiger partial charge >= 0.3 is 0 Å². The van der Waals surface area contributed by atoms with E-state index in [0.717, 1.165) is 5.56 Å². The van der Waals surface area contributed by atoms with Crippen LogP contribution in [-0.2, 0) is 9.59 Å². The molecule has 2 atom stereocenters. The second-order valence-corrected chi connectivity index (χ2v) is 8.87. The Bertz CT molecular complexity index is 1290. The molecular formula is C28H27N3O5. The summed E-state index contributed by atoms with van der Waals surface area (Å²) in [6, 6.07) is 21.7. The van der Waals surface area contributed by atoms with Gasteiger partial charge < -0.3 is 25.0 Å². The zero-order valence-electron chi connectivity index (χ0n) is 19.9. The maximum absolute atomic E-state index is 13.1. The summed E-state index contributed by atoms with van der Waals surface area (Å²) < 4.78 is 11.2. The number of nitrogens with one attached hydrogen (secondary N) is 2. The Morgan fingerprint density at radius 3 is 2.47 bits per heavy atom. The molecule has 184 valence electrons. The van der Waals surface area contributed by atoms with Crippen molar-refractivity contribution in [1.29, 1.82) is 0 Å². The fourth-order valence-corrected chi connectivity index (χ4v) is 4.46. The van der Waals surface area contributed by atoms with E-state index in [9.17, 15) is 14.4 Å². The minimum absolute atomic E-state index is 0.0830. The number of hydrogen-bond acceptors (Lipinski definition) is 5. The SMILES string of the molecule is C[C@H](NC(=O)c1ccccc1NC(=O)[C@@H]1CC(=O)N(c2ccc3c(c2)OCCO3)C1)c1ccccc1. The van der Waals surface area contributed by atoms with Crippen LogP contribution in [-0.4, -0.2) is 37.5 Å². The van der Waals surface area contributed by atoms with Gasteiger partial charge in [-0.3, -0.25) is 14.4 Å². The van der Waals surface area contributed by atoms with Crippen LogP contribution in [0, 0.1) is 5.92 Å². The average Bonchev–Trinajstić information content (AvgIpc) is 3.31. The van der Waals surface area contributed by atoms with Crippen molar-refractivity contribution in [3.63, 3.8) is 0 Å². The Hall–Kier alpha value is -4.33. The van der Waals surface area contributed by atoms with Gasteiger partial charge in [-0.05, 0) is 36.8 Å². The van der Waals surface area contributed by atoms with Crippen molar-refractivity contribution in [2.45, 2.75) is 19.4 Å². The topological polar surface area (TPSA) is 97.0 Å². The molecule has 0 saturated carbocycles. The monoisotopic (exact) mass is 485 g/mol. The molecule has 3 aromatic rings. The van der Waals surface area contributed by atoms with Crippen molar-refractivity contribution in [2.24, 2.45) is 5.92 Å². The predicted octanol–water partition coefficient (Wildman–Crippen LogP) is 3.94. The molecule has 1 saturated heterocycles. The zero-order chi connectivity index (χ0) is 25.1. The number of nitrogens with zero attached hydrogens (tertiary/aromatic N) is 1. The van der Waals surface area contributed by atoms with Crippen LogP contribution in [0.4, 0.5) is 11.4 Å². The molecule has 2 aliphatic rings. The van der Waals surface area contributed by atoms with Crippen molar-refractivity contribution < 1.29 is 23.9 Å². The van der Waals surface area contributed by atoms with Crippen LogP contribution in [0.2, 0.25) is 0 Å². The van der Waals surface area contributed by atoms with E-state index in [1.807, 2.05) is 37.3 Å². The number of anilines is 2. The number of ether oxygens (including phenoxy) is 2. The summed E-state index contributed by atoms with van der Waals surface area (Å²) in [5.74, 6) is -0.0615. The second-order valence-electron chi connectivity index (χ2n) is 8.87. The Labute approximate surface area is 209 Å². The standard InChI is InChI=1S/C28H27N3O5/c1-18(19-7-3-2-4-8-19)29-28(34)22-9-5-6-10-23(22)30-27(33)20-15-26(32)31(17-20)21-11-12-24-25(16-21)36-14-13-35-24/h2-12,16,18,20H,13-15,17H2,1H3,(H,29,34)(H,30,33)/t18-,20+/m0/s1. The predicted molar refractivity (Wildman–Crippen MR) is 135 cm³/mol. The lowest BCUT2D eigenvalue weighted by Crippen LogP contribution is -2.30. The molecule has 8 nitrogen and oxygen atoms in total. The smallest absolute Gasteiger partial charge is 0.253 e. The minimum atomic E-state index is -0.551. The molecule has 0 aliphatic carbocycles. The van der Waals surface area contributed by atoms with E-state index >= 15 is 0 Å². The van der Waals surface area contributed by atoms with Gasteiger partial charge in [-0.2, -0.15) is 0 Å². The van der Waals surface area contributed by atoms with Gasteiger partial charge in [-0.1, -0.05) is 42.5 Å². The van der Waals surface area contributed by atoms with Crippen LogP contribution < -0.4 is 25.0 Å². The maximum Gasteiger partial charge on any atom is 0.253 e. The highest BCUT2D eigenvalue weighted by molar-refractivity contribution is 6.07. The van der Waals surface area contributed by atoms with Gasteiger partial charge in [0.05, 0.1) is 23.2 Å². The molecule has 2 aliphatic heterocycles. The fourth-order valence-electron chi connectivity index (χ4n) is 4.46. The van der Waals surface area contributed by atoms with Gasteiger partial charge in [0.2, 0.25) is 11.8 Å². The number of carbonyl (C=O) groups excluding carboxylic acids is 3. The number of carbonyl (C=O) groups is 3. The summed E-state index contributed by atoms with van der Waals surface area (Å²) in [7, 11) is 0. The lowest BCUT2D eigenvalue weighted by Gasteiger charge is -2.22. The molecule has 0 bridgehead atoms. The summed E-state index contributed by atoms with van der Waals surface area (Å²) in [6.45, 7) is 3.09. The van der Waals surface area contributed by atoms with E-state index in [2.05, 4.69) is 10.6 Å². The molecule has 0 radical (unpaired) electrons.